The average molecular weight is 208 g/mol. The second-order valence-electron chi connectivity index (χ2n) is 3.88. The number of halogens is 1. The Morgan fingerprint density at radius 1 is 1.47 bits per heavy atom. The number of hydrogen-bond acceptors (Lipinski definition) is 2. The van der Waals surface area contributed by atoms with Gasteiger partial charge >= 0.3 is 0 Å². The van der Waals surface area contributed by atoms with Gasteiger partial charge in [-0.3, -0.25) is 4.79 Å². The normalized spacial score (nSPS) is 20.5. The Kier molecular flexibility index (Phi) is 2.82. The minimum Gasteiger partial charge on any atom is -0.370 e. The van der Waals surface area contributed by atoms with Gasteiger partial charge in [-0.2, -0.15) is 0 Å². The van der Waals surface area contributed by atoms with Crippen molar-refractivity contribution in [2.24, 2.45) is 0 Å². The molecule has 1 aromatic rings. The number of carbonyl (C=O) groups is 1. The Bertz CT molecular complexity index is 361. The van der Waals surface area contributed by atoms with Crippen LogP contribution in [0.5, 0.6) is 0 Å². The predicted octanol–water partition coefficient (Wildman–Crippen LogP) is 2.50. The van der Waals surface area contributed by atoms with Crippen molar-refractivity contribution >= 4 is 5.78 Å². The summed E-state index contributed by atoms with van der Waals surface area (Å²) >= 11 is 0. The van der Waals surface area contributed by atoms with E-state index in [2.05, 4.69) is 0 Å². The van der Waals surface area contributed by atoms with Crippen LogP contribution in [0, 0.1) is 12.7 Å². The predicted molar refractivity (Wildman–Crippen MR) is 54.4 cm³/mol. The standard InChI is InChI=1S/C12H13FO2/c1-8-5-9(7-10(13)6-8)12(14)11-3-2-4-15-11/h5-7,11H,2-4H2,1H3. The van der Waals surface area contributed by atoms with E-state index in [1.807, 2.05) is 0 Å². The summed E-state index contributed by atoms with van der Waals surface area (Å²) in [6, 6.07) is 4.39. The maximum atomic E-state index is 13.1. The summed E-state index contributed by atoms with van der Waals surface area (Å²) in [6.07, 6.45) is 1.28. The molecule has 15 heavy (non-hydrogen) atoms. The maximum absolute atomic E-state index is 13.1. The van der Waals surface area contributed by atoms with Gasteiger partial charge < -0.3 is 4.74 Å². The van der Waals surface area contributed by atoms with E-state index in [1.54, 1.807) is 13.0 Å². The summed E-state index contributed by atoms with van der Waals surface area (Å²) in [6.45, 7) is 2.40. The van der Waals surface area contributed by atoms with Crippen molar-refractivity contribution in [3.8, 4) is 0 Å². The lowest BCUT2D eigenvalue weighted by Crippen LogP contribution is -2.19. The third-order valence-electron chi connectivity index (χ3n) is 2.55. The summed E-state index contributed by atoms with van der Waals surface area (Å²) < 4.78 is 18.4. The quantitative estimate of drug-likeness (QED) is 0.698. The van der Waals surface area contributed by atoms with E-state index in [1.165, 1.54) is 12.1 Å². The molecule has 0 bridgehead atoms. The molecule has 0 N–H and O–H groups in total. The van der Waals surface area contributed by atoms with Gasteiger partial charge in [0.1, 0.15) is 11.9 Å². The third-order valence-corrected chi connectivity index (χ3v) is 2.55. The number of aryl methyl sites for hydroxylation is 1. The summed E-state index contributed by atoms with van der Waals surface area (Å²) in [7, 11) is 0. The third kappa shape index (κ3) is 2.23. The van der Waals surface area contributed by atoms with E-state index in [4.69, 9.17) is 4.74 Å². The van der Waals surface area contributed by atoms with Gasteiger partial charge in [-0.05, 0) is 43.5 Å². The second-order valence-corrected chi connectivity index (χ2v) is 3.88. The molecular formula is C12H13FO2. The van der Waals surface area contributed by atoms with Crippen LogP contribution in [-0.2, 0) is 4.74 Å². The zero-order chi connectivity index (χ0) is 10.8. The molecule has 0 spiro atoms. The van der Waals surface area contributed by atoms with Crippen LogP contribution in [0.4, 0.5) is 4.39 Å². The number of ether oxygens (including phenoxy) is 1. The zero-order valence-corrected chi connectivity index (χ0v) is 8.63. The fraction of sp³-hybridized carbons (Fsp3) is 0.417. The van der Waals surface area contributed by atoms with E-state index < -0.39 is 0 Å². The molecule has 1 aliphatic rings. The number of Topliss-reactive ketones (excluding diaryl/α,β-unsaturated/α-hetero) is 1. The molecule has 1 saturated heterocycles. The molecule has 0 saturated carbocycles. The first-order valence-electron chi connectivity index (χ1n) is 5.10. The van der Waals surface area contributed by atoms with Crippen LogP contribution >= 0.6 is 0 Å². The fourth-order valence-electron chi connectivity index (χ4n) is 1.85. The molecule has 1 atom stereocenters. The van der Waals surface area contributed by atoms with Crippen molar-refractivity contribution < 1.29 is 13.9 Å². The number of benzene rings is 1. The molecule has 0 aliphatic carbocycles. The summed E-state index contributed by atoms with van der Waals surface area (Å²) in [5.74, 6) is -0.466. The van der Waals surface area contributed by atoms with Crippen LogP contribution in [0.15, 0.2) is 18.2 Å². The van der Waals surface area contributed by atoms with Gasteiger partial charge in [0.2, 0.25) is 0 Å². The van der Waals surface area contributed by atoms with Gasteiger partial charge in [-0.1, -0.05) is 0 Å². The van der Waals surface area contributed by atoms with Gasteiger partial charge in [0.05, 0.1) is 0 Å². The highest BCUT2D eigenvalue weighted by Gasteiger charge is 2.24. The lowest BCUT2D eigenvalue weighted by atomic mass is 10.0. The van der Waals surface area contributed by atoms with Gasteiger partial charge in [-0.25, -0.2) is 4.39 Å². The van der Waals surface area contributed by atoms with Crippen LogP contribution in [0.2, 0.25) is 0 Å². The minimum atomic E-state index is -0.369. The zero-order valence-electron chi connectivity index (χ0n) is 8.63. The molecule has 1 fully saturated rings. The van der Waals surface area contributed by atoms with Crippen molar-refractivity contribution in [1.29, 1.82) is 0 Å². The molecule has 2 rings (SSSR count). The summed E-state index contributed by atoms with van der Waals surface area (Å²) in [5, 5.41) is 0. The molecule has 0 aromatic heterocycles. The molecule has 1 unspecified atom stereocenters. The van der Waals surface area contributed by atoms with Crippen LogP contribution in [0.3, 0.4) is 0 Å². The van der Waals surface area contributed by atoms with Crippen LogP contribution < -0.4 is 0 Å². The van der Waals surface area contributed by atoms with Crippen molar-refractivity contribution in [3.63, 3.8) is 0 Å². The molecule has 0 amide bonds. The SMILES string of the molecule is Cc1cc(F)cc(C(=O)C2CCCO2)c1. The smallest absolute Gasteiger partial charge is 0.191 e. The number of hydrogen-bond donors (Lipinski definition) is 0. The maximum Gasteiger partial charge on any atom is 0.191 e. The average Bonchev–Trinajstić information content (AvgIpc) is 2.67. The molecule has 80 valence electrons. The van der Waals surface area contributed by atoms with E-state index in [0.29, 0.717) is 12.2 Å². The first-order valence-corrected chi connectivity index (χ1v) is 5.10. The number of carbonyl (C=O) groups excluding carboxylic acids is 1. The van der Waals surface area contributed by atoms with Gasteiger partial charge in [0.25, 0.3) is 0 Å². The van der Waals surface area contributed by atoms with E-state index in [0.717, 1.165) is 18.4 Å². The first kappa shape index (κ1) is 10.3. The molecule has 1 aromatic carbocycles. The molecule has 3 heteroatoms. The Balaban J connectivity index is 2.24. The lowest BCUT2D eigenvalue weighted by molar-refractivity contribution is 0.0642. The Labute approximate surface area is 88.1 Å². The summed E-state index contributed by atoms with van der Waals surface area (Å²) in [4.78, 5) is 11.9. The first-order chi connectivity index (χ1) is 7.16. The fourth-order valence-corrected chi connectivity index (χ4v) is 1.85. The minimum absolute atomic E-state index is 0.102. The molecule has 0 radical (unpaired) electrons. The van der Waals surface area contributed by atoms with Gasteiger partial charge in [0.15, 0.2) is 5.78 Å². The highest BCUT2D eigenvalue weighted by atomic mass is 19.1. The molecule has 2 nitrogen and oxygen atoms in total. The van der Waals surface area contributed by atoms with E-state index in [-0.39, 0.29) is 17.7 Å². The summed E-state index contributed by atoms with van der Waals surface area (Å²) in [5.41, 5.74) is 1.18. The second kappa shape index (κ2) is 4.11. The monoisotopic (exact) mass is 208 g/mol. The molecular weight excluding hydrogens is 195 g/mol. The number of rotatable bonds is 2. The topological polar surface area (TPSA) is 26.3 Å². The Morgan fingerprint density at radius 3 is 2.87 bits per heavy atom. The van der Waals surface area contributed by atoms with Crippen LogP contribution in [0.1, 0.15) is 28.8 Å². The van der Waals surface area contributed by atoms with Gasteiger partial charge in [-0.15, -0.1) is 0 Å². The highest BCUT2D eigenvalue weighted by molar-refractivity contribution is 5.99. The highest BCUT2D eigenvalue weighted by Crippen LogP contribution is 2.18. The molecule has 1 heterocycles. The van der Waals surface area contributed by atoms with Crippen LogP contribution in [0.25, 0.3) is 0 Å². The lowest BCUT2D eigenvalue weighted by Gasteiger charge is -2.08. The van der Waals surface area contributed by atoms with Crippen LogP contribution in [-0.4, -0.2) is 18.5 Å². The van der Waals surface area contributed by atoms with Crippen molar-refractivity contribution in [1.82, 2.24) is 0 Å². The van der Waals surface area contributed by atoms with Crippen molar-refractivity contribution in [3.05, 3.63) is 35.1 Å². The largest absolute Gasteiger partial charge is 0.370 e. The van der Waals surface area contributed by atoms with E-state index in [9.17, 15) is 9.18 Å². The molecule has 1 aliphatic heterocycles. The number of ketones is 1. The van der Waals surface area contributed by atoms with Crippen molar-refractivity contribution in [2.45, 2.75) is 25.9 Å². The van der Waals surface area contributed by atoms with E-state index >= 15 is 0 Å². The Morgan fingerprint density at radius 2 is 2.27 bits per heavy atom. The van der Waals surface area contributed by atoms with Gasteiger partial charge in [0, 0.05) is 12.2 Å². The van der Waals surface area contributed by atoms with Crippen molar-refractivity contribution in [2.75, 3.05) is 6.61 Å². The Hall–Kier alpha value is -1.22.